The smallest absolute Gasteiger partial charge is 0.178 e. The Morgan fingerprint density at radius 2 is 1.88 bits per heavy atom. The van der Waals surface area contributed by atoms with Crippen molar-refractivity contribution < 1.29 is 0 Å². The molecule has 0 atom stereocenters. The molecule has 17 heavy (non-hydrogen) atoms. The Bertz CT molecular complexity index is 440. The van der Waals surface area contributed by atoms with Crippen LogP contribution < -0.4 is 5.73 Å². The predicted molar refractivity (Wildman–Crippen MR) is 64.1 cm³/mol. The summed E-state index contributed by atoms with van der Waals surface area (Å²) in [4.78, 5) is 8.88. The first-order valence-corrected chi connectivity index (χ1v) is 5.85. The van der Waals surface area contributed by atoms with E-state index in [0.29, 0.717) is 11.6 Å². The number of nitriles is 2. The number of nitrogens with two attached hydrogens (primary N) is 1. The molecule has 5 nitrogen and oxygen atoms in total. The van der Waals surface area contributed by atoms with Crippen LogP contribution in [0.2, 0.25) is 0 Å². The minimum Gasteiger partial charge on any atom is -0.382 e. The van der Waals surface area contributed by atoms with Gasteiger partial charge in [0.2, 0.25) is 0 Å². The highest BCUT2D eigenvalue weighted by molar-refractivity contribution is 6.44. The number of amidine groups is 1. The summed E-state index contributed by atoms with van der Waals surface area (Å²) in [7, 11) is 0. The Morgan fingerprint density at radius 3 is 2.41 bits per heavy atom. The third kappa shape index (κ3) is 2.01. The van der Waals surface area contributed by atoms with Gasteiger partial charge in [-0.1, -0.05) is 6.92 Å². The van der Waals surface area contributed by atoms with Crippen LogP contribution in [-0.2, 0) is 0 Å². The number of nitrogens with zero attached hydrogens (tertiary/aromatic N) is 4. The highest BCUT2D eigenvalue weighted by atomic mass is 15.2. The van der Waals surface area contributed by atoms with E-state index < -0.39 is 11.6 Å². The summed E-state index contributed by atoms with van der Waals surface area (Å²) in [6.45, 7) is 2.22. The molecular formula is C12H15N5. The van der Waals surface area contributed by atoms with Crippen molar-refractivity contribution in [1.82, 2.24) is 0 Å². The van der Waals surface area contributed by atoms with Gasteiger partial charge in [-0.2, -0.15) is 10.5 Å². The van der Waals surface area contributed by atoms with E-state index in [4.69, 9.17) is 16.3 Å². The van der Waals surface area contributed by atoms with Crippen molar-refractivity contribution in [2.45, 2.75) is 38.3 Å². The third-order valence-corrected chi connectivity index (χ3v) is 3.53. The lowest BCUT2D eigenvalue weighted by Crippen LogP contribution is -2.28. The van der Waals surface area contributed by atoms with Crippen molar-refractivity contribution in [3.8, 4) is 12.1 Å². The summed E-state index contributed by atoms with van der Waals surface area (Å²) >= 11 is 0. The maximum absolute atomic E-state index is 8.87. The first kappa shape index (κ1) is 11.6. The molecule has 1 saturated carbocycles. The van der Waals surface area contributed by atoms with Gasteiger partial charge in [0.05, 0.1) is 12.1 Å². The molecule has 0 unspecified atom stereocenters. The van der Waals surface area contributed by atoms with Gasteiger partial charge in [-0.25, -0.2) is 4.99 Å². The average Bonchev–Trinajstić information content (AvgIpc) is 2.63. The van der Waals surface area contributed by atoms with Crippen LogP contribution in [0.1, 0.15) is 32.6 Å². The summed E-state index contributed by atoms with van der Waals surface area (Å²) in [5.74, 6) is 0.0733. The van der Waals surface area contributed by atoms with E-state index in [0.717, 1.165) is 25.7 Å². The van der Waals surface area contributed by atoms with E-state index in [1.165, 1.54) is 0 Å². The summed E-state index contributed by atoms with van der Waals surface area (Å²) in [5, 5.41) is 17.7. The van der Waals surface area contributed by atoms with Crippen molar-refractivity contribution in [2.24, 2.45) is 27.6 Å². The van der Waals surface area contributed by atoms with Crippen LogP contribution in [0.25, 0.3) is 0 Å². The lowest BCUT2D eigenvalue weighted by Gasteiger charge is -2.30. The quantitative estimate of drug-likeness (QED) is 0.735. The van der Waals surface area contributed by atoms with Crippen LogP contribution in [-0.4, -0.2) is 17.2 Å². The lowest BCUT2D eigenvalue weighted by molar-refractivity contribution is 0.259. The Kier molecular flexibility index (Phi) is 2.85. The molecule has 1 fully saturated rings. The molecule has 88 valence electrons. The third-order valence-electron chi connectivity index (χ3n) is 3.53. The van der Waals surface area contributed by atoms with Gasteiger partial charge >= 0.3 is 0 Å². The first-order chi connectivity index (χ1) is 8.10. The first-order valence-electron chi connectivity index (χ1n) is 5.85. The Balaban J connectivity index is 2.26. The zero-order valence-electron chi connectivity index (χ0n) is 9.85. The second-order valence-corrected chi connectivity index (χ2v) is 4.85. The number of hydrogen-bond acceptors (Lipinski definition) is 5. The maximum Gasteiger partial charge on any atom is 0.178 e. The molecule has 1 heterocycles. The van der Waals surface area contributed by atoms with Gasteiger partial charge in [0.1, 0.15) is 11.5 Å². The molecule has 0 aromatic carbocycles. The van der Waals surface area contributed by atoms with Gasteiger partial charge in [0, 0.05) is 0 Å². The maximum atomic E-state index is 8.87. The van der Waals surface area contributed by atoms with Crippen LogP contribution in [0, 0.1) is 34.5 Å². The second-order valence-electron chi connectivity index (χ2n) is 4.85. The van der Waals surface area contributed by atoms with E-state index >= 15 is 0 Å². The molecule has 2 aliphatic rings. The minimum absolute atomic E-state index is 0.271. The zero-order valence-corrected chi connectivity index (χ0v) is 9.85. The fourth-order valence-corrected chi connectivity index (χ4v) is 2.40. The molecular weight excluding hydrogens is 214 g/mol. The lowest BCUT2D eigenvalue weighted by atomic mass is 9.83. The fourth-order valence-electron chi connectivity index (χ4n) is 2.40. The Morgan fingerprint density at radius 1 is 1.29 bits per heavy atom. The van der Waals surface area contributed by atoms with Crippen LogP contribution >= 0.6 is 0 Å². The van der Waals surface area contributed by atoms with Crippen molar-refractivity contribution in [3.05, 3.63) is 0 Å². The number of aliphatic imine (C=N–C) groups is 2. The fraction of sp³-hybridized carbons (Fsp3) is 0.667. The zero-order chi connectivity index (χ0) is 12.5. The summed E-state index contributed by atoms with van der Waals surface area (Å²) < 4.78 is 0. The van der Waals surface area contributed by atoms with E-state index in [1.807, 2.05) is 12.1 Å². The molecule has 2 rings (SSSR count). The topological polar surface area (TPSA) is 98.3 Å². The van der Waals surface area contributed by atoms with Gasteiger partial charge < -0.3 is 5.73 Å². The Hall–Kier alpha value is -1.88. The van der Waals surface area contributed by atoms with Crippen LogP contribution in [0.3, 0.4) is 0 Å². The highest BCUT2D eigenvalue weighted by Gasteiger charge is 2.40. The summed E-state index contributed by atoms with van der Waals surface area (Å²) in [6.07, 6.45) is 3.86. The van der Waals surface area contributed by atoms with Gasteiger partial charge in [-0.05, 0) is 31.6 Å². The summed E-state index contributed by atoms with van der Waals surface area (Å²) in [6, 6.07) is 3.80. The predicted octanol–water partition coefficient (Wildman–Crippen LogP) is 1.37. The van der Waals surface area contributed by atoms with E-state index in [2.05, 4.69) is 16.9 Å². The number of rotatable bonds is 1. The SMILES string of the molecule is CC1CCC2(CC1)N=C(N)C(C(C#N)C#N)=N2. The minimum atomic E-state index is -0.891. The molecule has 0 aromatic rings. The molecule has 1 spiro atoms. The Labute approximate surface area is 101 Å². The van der Waals surface area contributed by atoms with Crippen LogP contribution in [0.15, 0.2) is 9.98 Å². The molecule has 2 N–H and O–H groups in total. The van der Waals surface area contributed by atoms with Crippen molar-refractivity contribution in [2.75, 3.05) is 0 Å². The monoisotopic (exact) mass is 229 g/mol. The van der Waals surface area contributed by atoms with E-state index in [-0.39, 0.29) is 5.84 Å². The van der Waals surface area contributed by atoms with Gasteiger partial charge in [0.25, 0.3) is 0 Å². The molecule has 5 heteroatoms. The normalized spacial score (nSPS) is 31.9. The van der Waals surface area contributed by atoms with Crippen LogP contribution in [0.4, 0.5) is 0 Å². The molecule has 0 amide bonds. The van der Waals surface area contributed by atoms with Crippen molar-refractivity contribution in [1.29, 1.82) is 10.5 Å². The van der Waals surface area contributed by atoms with Crippen molar-refractivity contribution in [3.63, 3.8) is 0 Å². The highest BCUT2D eigenvalue weighted by Crippen LogP contribution is 2.38. The largest absolute Gasteiger partial charge is 0.382 e. The van der Waals surface area contributed by atoms with Crippen molar-refractivity contribution >= 4 is 11.5 Å². The van der Waals surface area contributed by atoms with Crippen LogP contribution in [0.5, 0.6) is 0 Å². The average molecular weight is 229 g/mol. The molecule has 1 aliphatic carbocycles. The van der Waals surface area contributed by atoms with E-state index in [9.17, 15) is 0 Å². The second kappa shape index (κ2) is 4.18. The molecule has 0 radical (unpaired) electrons. The molecule has 0 bridgehead atoms. The molecule has 0 saturated heterocycles. The summed E-state index contributed by atoms with van der Waals surface area (Å²) in [5.41, 5.74) is 5.68. The van der Waals surface area contributed by atoms with Gasteiger partial charge in [-0.15, -0.1) is 0 Å². The van der Waals surface area contributed by atoms with Gasteiger partial charge in [0.15, 0.2) is 11.6 Å². The van der Waals surface area contributed by atoms with E-state index in [1.54, 1.807) is 0 Å². The van der Waals surface area contributed by atoms with Gasteiger partial charge in [-0.3, -0.25) is 4.99 Å². The number of hydrogen-bond donors (Lipinski definition) is 1. The molecule has 0 aromatic heterocycles. The molecule has 1 aliphatic heterocycles. The standard InChI is InChI=1S/C12H15N5/c1-8-2-4-12(5-3-8)16-10(11(15)17-12)9(6-13)7-14/h8-9H,2-5H2,1H3,(H2,15,17).